The number of halogens is 4. The fourth-order valence-electron chi connectivity index (χ4n) is 1.78. The van der Waals surface area contributed by atoms with Crippen LogP contribution < -0.4 is 5.73 Å². The average Bonchev–Trinajstić information content (AvgIpc) is 2.82. The number of aromatic nitrogens is 2. The number of hydrogen-bond donors (Lipinski definition) is 1. The lowest BCUT2D eigenvalue weighted by molar-refractivity contribution is -0.137. The van der Waals surface area contributed by atoms with E-state index in [9.17, 15) is 13.2 Å². The van der Waals surface area contributed by atoms with E-state index in [0.29, 0.717) is 10.6 Å². The molecule has 2 rings (SSSR count). The number of rotatable bonds is 3. The van der Waals surface area contributed by atoms with Gasteiger partial charge >= 0.3 is 6.18 Å². The molecule has 0 saturated carbocycles. The maximum absolute atomic E-state index is 12.5. The van der Waals surface area contributed by atoms with Crippen LogP contribution in [0.1, 0.15) is 17.2 Å². The highest BCUT2D eigenvalue weighted by Gasteiger charge is 2.33. The van der Waals surface area contributed by atoms with E-state index in [1.165, 1.54) is 4.68 Å². The smallest absolute Gasteiger partial charge is 0.328 e. The third kappa shape index (κ3) is 2.90. The predicted octanol–water partition coefficient (Wildman–Crippen LogP) is 3.10. The van der Waals surface area contributed by atoms with Crippen molar-refractivity contribution in [1.29, 1.82) is 0 Å². The Morgan fingerprint density at radius 3 is 2.53 bits per heavy atom. The van der Waals surface area contributed by atoms with Gasteiger partial charge in [-0.3, -0.25) is 4.68 Å². The molecule has 0 aliphatic carbocycles. The minimum atomic E-state index is -4.42. The largest absolute Gasteiger partial charge is 0.419 e. The number of hydrogen-bond acceptors (Lipinski definition) is 2. The fourth-order valence-corrected chi connectivity index (χ4v) is 2.04. The second-order valence-corrected chi connectivity index (χ2v) is 4.39. The van der Waals surface area contributed by atoms with Crippen molar-refractivity contribution in [1.82, 2.24) is 9.78 Å². The highest BCUT2D eigenvalue weighted by molar-refractivity contribution is 6.31. The van der Waals surface area contributed by atoms with Gasteiger partial charge in [-0.15, -0.1) is 0 Å². The van der Waals surface area contributed by atoms with Crippen LogP contribution in [0.5, 0.6) is 0 Å². The van der Waals surface area contributed by atoms with Gasteiger partial charge in [-0.05, 0) is 11.6 Å². The molecule has 1 atom stereocenters. The SMILES string of the molecule is NCC(c1ccccc1Cl)n1cc(C(F)(F)F)cn1. The van der Waals surface area contributed by atoms with Crippen LogP contribution in [0.15, 0.2) is 36.7 Å². The van der Waals surface area contributed by atoms with E-state index in [1.54, 1.807) is 24.3 Å². The molecule has 19 heavy (non-hydrogen) atoms. The molecule has 1 aromatic heterocycles. The molecule has 3 nitrogen and oxygen atoms in total. The molecule has 0 aliphatic rings. The first-order valence-corrected chi connectivity index (χ1v) is 5.87. The summed E-state index contributed by atoms with van der Waals surface area (Å²) in [5, 5.41) is 4.18. The molecule has 1 heterocycles. The summed E-state index contributed by atoms with van der Waals surface area (Å²) in [6, 6.07) is 6.34. The number of benzene rings is 1. The summed E-state index contributed by atoms with van der Waals surface area (Å²) in [6.45, 7) is 0.0999. The van der Waals surface area contributed by atoms with Crippen molar-refractivity contribution >= 4 is 11.6 Å². The van der Waals surface area contributed by atoms with Gasteiger partial charge in [-0.2, -0.15) is 18.3 Å². The van der Waals surface area contributed by atoms with Gasteiger partial charge in [0.2, 0.25) is 0 Å². The van der Waals surface area contributed by atoms with Gasteiger partial charge in [-0.1, -0.05) is 29.8 Å². The van der Waals surface area contributed by atoms with Crippen LogP contribution in [-0.4, -0.2) is 16.3 Å². The Balaban J connectivity index is 2.38. The van der Waals surface area contributed by atoms with E-state index in [2.05, 4.69) is 5.10 Å². The minimum absolute atomic E-state index is 0.0999. The Bertz CT molecular complexity index is 565. The van der Waals surface area contributed by atoms with E-state index < -0.39 is 17.8 Å². The van der Waals surface area contributed by atoms with Crippen molar-refractivity contribution in [2.24, 2.45) is 5.73 Å². The third-order valence-corrected chi connectivity index (χ3v) is 3.08. The summed E-state index contributed by atoms with van der Waals surface area (Å²) in [5.74, 6) is 0. The minimum Gasteiger partial charge on any atom is -0.328 e. The number of nitrogens with two attached hydrogens (primary N) is 1. The van der Waals surface area contributed by atoms with Crippen molar-refractivity contribution in [2.75, 3.05) is 6.54 Å². The Kier molecular flexibility index (Phi) is 3.82. The van der Waals surface area contributed by atoms with Crippen molar-refractivity contribution in [2.45, 2.75) is 12.2 Å². The molecule has 0 aliphatic heterocycles. The van der Waals surface area contributed by atoms with Crippen LogP contribution >= 0.6 is 11.6 Å². The van der Waals surface area contributed by atoms with Gasteiger partial charge in [0.05, 0.1) is 17.8 Å². The molecule has 2 N–H and O–H groups in total. The molecule has 2 aromatic rings. The normalized spacial score (nSPS) is 13.5. The van der Waals surface area contributed by atoms with Gasteiger partial charge in [0.1, 0.15) is 0 Å². The molecule has 1 aromatic carbocycles. The van der Waals surface area contributed by atoms with Crippen molar-refractivity contribution in [3.63, 3.8) is 0 Å². The third-order valence-electron chi connectivity index (χ3n) is 2.74. The van der Waals surface area contributed by atoms with E-state index in [1.807, 2.05) is 0 Å². The summed E-state index contributed by atoms with van der Waals surface area (Å²) in [7, 11) is 0. The zero-order chi connectivity index (χ0) is 14.0. The fraction of sp³-hybridized carbons (Fsp3) is 0.250. The number of alkyl halides is 3. The first-order chi connectivity index (χ1) is 8.93. The van der Waals surface area contributed by atoms with Crippen LogP contribution in [0.2, 0.25) is 5.02 Å². The van der Waals surface area contributed by atoms with Crippen LogP contribution in [-0.2, 0) is 6.18 Å². The van der Waals surface area contributed by atoms with Crippen LogP contribution in [0.25, 0.3) is 0 Å². The molecule has 102 valence electrons. The first kappa shape index (κ1) is 13.9. The topological polar surface area (TPSA) is 43.8 Å². The second-order valence-electron chi connectivity index (χ2n) is 3.98. The highest BCUT2D eigenvalue weighted by atomic mass is 35.5. The maximum Gasteiger partial charge on any atom is 0.419 e. The lowest BCUT2D eigenvalue weighted by Crippen LogP contribution is -2.21. The van der Waals surface area contributed by atoms with Gasteiger partial charge in [0.25, 0.3) is 0 Å². The van der Waals surface area contributed by atoms with Crippen LogP contribution in [0.3, 0.4) is 0 Å². The average molecular weight is 290 g/mol. The van der Waals surface area contributed by atoms with E-state index >= 15 is 0 Å². The molecule has 0 radical (unpaired) electrons. The molecular formula is C12H11ClF3N3. The lowest BCUT2D eigenvalue weighted by atomic mass is 10.1. The Labute approximate surface area is 112 Å². The predicted molar refractivity (Wildman–Crippen MR) is 65.9 cm³/mol. The molecule has 0 fully saturated rings. The quantitative estimate of drug-likeness (QED) is 0.943. The van der Waals surface area contributed by atoms with E-state index in [-0.39, 0.29) is 6.54 Å². The molecule has 0 spiro atoms. The summed E-state index contributed by atoms with van der Waals surface area (Å²) in [6.07, 6.45) is -2.71. The standard InChI is InChI=1S/C12H11ClF3N3/c13-10-4-2-1-3-9(10)11(5-17)19-7-8(6-18-19)12(14,15)16/h1-4,6-7,11H,5,17H2. The molecule has 7 heteroatoms. The zero-order valence-corrected chi connectivity index (χ0v) is 10.5. The molecule has 0 amide bonds. The first-order valence-electron chi connectivity index (χ1n) is 5.49. The molecular weight excluding hydrogens is 279 g/mol. The van der Waals surface area contributed by atoms with Gasteiger partial charge < -0.3 is 5.73 Å². The Morgan fingerprint density at radius 1 is 1.32 bits per heavy atom. The molecule has 0 saturated heterocycles. The summed E-state index contributed by atoms with van der Waals surface area (Å²) in [4.78, 5) is 0. The van der Waals surface area contributed by atoms with Crippen LogP contribution in [0, 0.1) is 0 Å². The monoisotopic (exact) mass is 289 g/mol. The van der Waals surface area contributed by atoms with Gasteiger partial charge in [0, 0.05) is 17.8 Å². The Hall–Kier alpha value is -1.53. The van der Waals surface area contributed by atoms with E-state index in [0.717, 1.165) is 12.4 Å². The van der Waals surface area contributed by atoms with Gasteiger partial charge in [0.15, 0.2) is 0 Å². The van der Waals surface area contributed by atoms with Gasteiger partial charge in [-0.25, -0.2) is 0 Å². The zero-order valence-electron chi connectivity index (χ0n) is 9.73. The second kappa shape index (κ2) is 5.22. The maximum atomic E-state index is 12.5. The molecule has 1 unspecified atom stereocenters. The van der Waals surface area contributed by atoms with Crippen molar-refractivity contribution in [3.05, 3.63) is 52.8 Å². The highest BCUT2D eigenvalue weighted by Crippen LogP contribution is 2.31. The van der Waals surface area contributed by atoms with Crippen molar-refractivity contribution < 1.29 is 13.2 Å². The number of nitrogens with zero attached hydrogens (tertiary/aromatic N) is 2. The van der Waals surface area contributed by atoms with E-state index in [4.69, 9.17) is 17.3 Å². The lowest BCUT2D eigenvalue weighted by Gasteiger charge is -2.17. The Morgan fingerprint density at radius 2 is 2.00 bits per heavy atom. The van der Waals surface area contributed by atoms with Crippen molar-refractivity contribution in [3.8, 4) is 0 Å². The summed E-state index contributed by atoms with van der Waals surface area (Å²) in [5.41, 5.74) is 5.46. The molecule has 0 bridgehead atoms. The summed E-state index contributed by atoms with van der Waals surface area (Å²) < 4.78 is 38.8. The van der Waals surface area contributed by atoms with Crippen LogP contribution in [0.4, 0.5) is 13.2 Å². The summed E-state index contributed by atoms with van der Waals surface area (Å²) >= 11 is 6.03.